The second-order valence-corrected chi connectivity index (χ2v) is 4.08. The normalized spacial score (nSPS) is 14.0. The highest BCUT2D eigenvalue weighted by Crippen LogP contribution is 2.38. The molecule has 3 N–H and O–H groups in total. The van der Waals surface area contributed by atoms with Crippen LogP contribution in [0.2, 0.25) is 5.02 Å². The number of hydrogen-bond donors (Lipinski definition) is 2. The van der Waals surface area contributed by atoms with Crippen LogP contribution in [0, 0.1) is 0 Å². The summed E-state index contributed by atoms with van der Waals surface area (Å²) in [7, 11) is 0. The van der Waals surface area contributed by atoms with Gasteiger partial charge in [-0.05, 0) is 36.5 Å². The van der Waals surface area contributed by atoms with Crippen molar-refractivity contribution in [2.75, 3.05) is 6.54 Å². The summed E-state index contributed by atoms with van der Waals surface area (Å²) in [6.45, 7) is -0.108. The average molecular weight is 226 g/mol. The number of phenolic OH excluding ortho intramolecular Hbond substituents is 1. The van der Waals surface area contributed by atoms with Gasteiger partial charge in [0.25, 0.3) is 0 Å². The number of rotatable bonds is 2. The molecule has 0 bridgehead atoms. The summed E-state index contributed by atoms with van der Waals surface area (Å²) < 4.78 is 0. The second kappa shape index (κ2) is 3.83. The fourth-order valence-corrected chi connectivity index (χ4v) is 2.32. The van der Waals surface area contributed by atoms with Crippen molar-refractivity contribution in [3.63, 3.8) is 0 Å². The average Bonchev–Trinajstić information content (AvgIpc) is 2.70. The highest BCUT2D eigenvalue weighted by atomic mass is 35.5. The Balaban J connectivity index is 2.59. The van der Waals surface area contributed by atoms with Crippen LogP contribution in [-0.2, 0) is 12.8 Å². The van der Waals surface area contributed by atoms with E-state index in [1.807, 2.05) is 0 Å². The number of fused-ring (bicyclic) bond motifs is 1. The van der Waals surface area contributed by atoms with Gasteiger partial charge in [-0.15, -0.1) is 0 Å². The maximum atomic E-state index is 11.4. The molecule has 1 aromatic rings. The molecule has 4 heteroatoms. The third kappa shape index (κ3) is 1.62. The number of ketones is 1. The lowest BCUT2D eigenvalue weighted by Crippen LogP contribution is -2.14. The van der Waals surface area contributed by atoms with Crippen LogP contribution in [0.4, 0.5) is 0 Å². The molecule has 0 amide bonds. The first-order valence-corrected chi connectivity index (χ1v) is 5.29. The number of carbonyl (C=O) groups excluding carboxylic acids is 1. The van der Waals surface area contributed by atoms with Crippen molar-refractivity contribution in [2.45, 2.75) is 19.3 Å². The molecule has 0 unspecified atom stereocenters. The maximum absolute atomic E-state index is 11.4. The maximum Gasteiger partial charge on any atom is 0.180 e. The standard InChI is InChI=1S/C11H12ClNO2/c12-10-7-3-1-2-6(7)4-8(11(10)15)9(14)5-13/h4,15H,1-3,5,13H2. The van der Waals surface area contributed by atoms with E-state index in [1.54, 1.807) is 6.07 Å². The van der Waals surface area contributed by atoms with Gasteiger partial charge >= 0.3 is 0 Å². The number of benzene rings is 1. The SMILES string of the molecule is NCC(=O)c1cc2c(c(Cl)c1O)CCC2. The Morgan fingerprint density at radius 3 is 2.93 bits per heavy atom. The van der Waals surface area contributed by atoms with Gasteiger partial charge in [0.1, 0.15) is 5.75 Å². The molecule has 80 valence electrons. The zero-order valence-corrected chi connectivity index (χ0v) is 8.97. The van der Waals surface area contributed by atoms with Gasteiger partial charge < -0.3 is 10.8 Å². The van der Waals surface area contributed by atoms with Crippen LogP contribution in [0.3, 0.4) is 0 Å². The monoisotopic (exact) mass is 225 g/mol. The van der Waals surface area contributed by atoms with Crippen molar-refractivity contribution in [1.82, 2.24) is 0 Å². The Morgan fingerprint density at radius 2 is 2.27 bits per heavy atom. The molecule has 0 spiro atoms. The van der Waals surface area contributed by atoms with E-state index in [0.29, 0.717) is 5.02 Å². The van der Waals surface area contributed by atoms with Crippen LogP contribution in [0.25, 0.3) is 0 Å². The fourth-order valence-electron chi connectivity index (χ4n) is 2.00. The van der Waals surface area contributed by atoms with Crippen molar-refractivity contribution in [3.05, 3.63) is 27.8 Å². The molecule has 0 aromatic heterocycles. The molecule has 1 aliphatic carbocycles. The summed E-state index contributed by atoms with van der Waals surface area (Å²) >= 11 is 6.00. The highest BCUT2D eigenvalue weighted by Gasteiger charge is 2.22. The number of aryl methyl sites for hydroxylation is 1. The Kier molecular flexibility index (Phi) is 2.67. The molecule has 15 heavy (non-hydrogen) atoms. The second-order valence-electron chi connectivity index (χ2n) is 3.71. The van der Waals surface area contributed by atoms with Crippen LogP contribution in [0.5, 0.6) is 5.75 Å². The lowest BCUT2D eigenvalue weighted by molar-refractivity contribution is 0.0999. The van der Waals surface area contributed by atoms with Crippen LogP contribution >= 0.6 is 11.6 Å². The van der Waals surface area contributed by atoms with E-state index < -0.39 is 0 Å². The topological polar surface area (TPSA) is 63.3 Å². The van der Waals surface area contributed by atoms with Crippen LogP contribution in [0.15, 0.2) is 6.07 Å². The smallest absolute Gasteiger partial charge is 0.180 e. The van der Waals surface area contributed by atoms with E-state index in [1.165, 1.54) is 0 Å². The minimum Gasteiger partial charge on any atom is -0.506 e. The van der Waals surface area contributed by atoms with Crippen molar-refractivity contribution in [3.8, 4) is 5.75 Å². The number of hydrogen-bond acceptors (Lipinski definition) is 3. The van der Waals surface area contributed by atoms with Crippen molar-refractivity contribution < 1.29 is 9.90 Å². The summed E-state index contributed by atoms with van der Waals surface area (Å²) in [6, 6.07) is 1.72. The molecule has 0 saturated carbocycles. The van der Waals surface area contributed by atoms with Crippen LogP contribution in [0.1, 0.15) is 27.9 Å². The van der Waals surface area contributed by atoms with Gasteiger partial charge in [-0.3, -0.25) is 4.79 Å². The van der Waals surface area contributed by atoms with E-state index in [9.17, 15) is 9.90 Å². The van der Waals surface area contributed by atoms with E-state index in [0.717, 1.165) is 30.4 Å². The number of aromatic hydroxyl groups is 1. The van der Waals surface area contributed by atoms with Gasteiger partial charge in [-0.25, -0.2) is 0 Å². The van der Waals surface area contributed by atoms with Crippen molar-refractivity contribution in [2.24, 2.45) is 5.73 Å². The molecule has 0 aliphatic heterocycles. The molecule has 1 aliphatic rings. The number of phenols is 1. The molecule has 0 saturated heterocycles. The molecule has 1 aromatic carbocycles. The molecule has 3 nitrogen and oxygen atoms in total. The number of halogens is 1. The van der Waals surface area contributed by atoms with E-state index in [-0.39, 0.29) is 23.6 Å². The van der Waals surface area contributed by atoms with Crippen molar-refractivity contribution >= 4 is 17.4 Å². The van der Waals surface area contributed by atoms with E-state index in [2.05, 4.69) is 0 Å². The minimum absolute atomic E-state index is 0.108. The Labute approximate surface area is 92.8 Å². The van der Waals surface area contributed by atoms with Crippen molar-refractivity contribution in [1.29, 1.82) is 0 Å². The van der Waals surface area contributed by atoms with Gasteiger partial charge in [0.15, 0.2) is 5.78 Å². The van der Waals surface area contributed by atoms with Gasteiger partial charge in [0, 0.05) is 0 Å². The number of Topliss-reactive ketones (excluding diaryl/α,β-unsaturated/α-hetero) is 1. The Bertz CT molecular complexity index is 429. The largest absolute Gasteiger partial charge is 0.506 e. The predicted octanol–water partition coefficient (Wildman–Crippen LogP) is 1.68. The molecule has 2 rings (SSSR count). The van der Waals surface area contributed by atoms with Crippen LogP contribution in [-0.4, -0.2) is 17.4 Å². The zero-order chi connectivity index (χ0) is 11.0. The Hall–Kier alpha value is -1.06. The number of nitrogens with two attached hydrogens (primary N) is 1. The lowest BCUT2D eigenvalue weighted by Gasteiger charge is -2.09. The molecule has 0 radical (unpaired) electrons. The fraction of sp³-hybridized carbons (Fsp3) is 0.364. The summed E-state index contributed by atoms with van der Waals surface area (Å²) in [5, 5.41) is 10.1. The van der Waals surface area contributed by atoms with E-state index >= 15 is 0 Å². The molecule has 0 fully saturated rings. The summed E-state index contributed by atoms with van der Waals surface area (Å²) in [5.41, 5.74) is 7.56. The minimum atomic E-state index is -0.274. The molecule has 0 heterocycles. The zero-order valence-electron chi connectivity index (χ0n) is 8.22. The van der Waals surface area contributed by atoms with E-state index in [4.69, 9.17) is 17.3 Å². The first-order valence-electron chi connectivity index (χ1n) is 4.91. The molecular formula is C11H12ClNO2. The van der Waals surface area contributed by atoms with Gasteiger partial charge in [-0.2, -0.15) is 0 Å². The quantitative estimate of drug-likeness (QED) is 0.753. The number of carbonyl (C=O) groups is 1. The first kappa shape index (κ1) is 10.5. The summed E-state index contributed by atoms with van der Waals surface area (Å²) in [6.07, 6.45) is 2.81. The van der Waals surface area contributed by atoms with Gasteiger partial charge in [0.05, 0.1) is 17.1 Å². The third-order valence-electron chi connectivity index (χ3n) is 2.79. The highest BCUT2D eigenvalue weighted by molar-refractivity contribution is 6.33. The summed E-state index contributed by atoms with van der Waals surface area (Å²) in [4.78, 5) is 11.4. The molecular weight excluding hydrogens is 214 g/mol. The summed E-state index contributed by atoms with van der Waals surface area (Å²) in [5.74, 6) is -0.392. The lowest BCUT2D eigenvalue weighted by atomic mass is 10.0. The van der Waals surface area contributed by atoms with Gasteiger partial charge in [0.2, 0.25) is 0 Å². The predicted molar refractivity (Wildman–Crippen MR) is 58.5 cm³/mol. The Morgan fingerprint density at radius 1 is 1.53 bits per heavy atom. The first-order chi connectivity index (χ1) is 7.15. The van der Waals surface area contributed by atoms with Crippen LogP contribution < -0.4 is 5.73 Å². The van der Waals surface area contributed by atoms with Gasteiger partial charge in [-0.1, -0.05) is 11.6 Å². The molecule has 0 atom stereocenters. The third-order valence-corrected chi connectivity index (χ3v) is 3.20.